The molecule has 0 fully saturated rings. The molecule has 0 unspecified atom stereocenters. The number of amides is 3. The van der Waals surface area contributed by atoms with E-state index in [1.54, 1.807) is 5.32 Å². The topological polar surface area (TPSA) is 84.5 Å². The molecule has 1 aromatic rings. The zero-order valence-corrected chi connectivity index (χ0v) is 15.4. The Morgan fingerprint density at radius 1 is 1.04 bits per heavy atom. The fraction of sp³-hybridized carbons (Fsp3) is 0.500. The van der Waals surface area contributed by atoms with Gasteiger partial charge in [-0.25, -0.2) is 4.79 Å². The van der Waals surface area contributed by atoms with Crippen LogP contribution in [-0.2, 0) is 26.2 Å². The van der Waals surface area contributed by atoms with Crippen LogP contribution >= 0.6 is 0 Å². The van der Waals surface area contributed by atoms with E-state index in [4.69, 9.17) is 4.74 Å². The van der Waals surface area contributed by atoms with E-state index in [2.05, 4.69) is 20.8 Å². The number of esters is 1. The number of ether oxygens (including phenoxy) is 1. The van der Waals surface area contributed by atoms with Crippen molar-refractivity contribution in [3.05, 3.63) is 35.4 Å². The summed E-state index contributed by atoms with van der Waals surface area (Å²) in [5, 5.41) is 3.10. The zero-order valence-electron chi connectivity index (χ0n) is 15.4. The molecule has 0 aliphatic carbocycles. The van der Waals surface area contributed by atoms with Crippen LogP contribution in [0.4, 0.5) is 18.0 Å². The highest BCUT2D eigenvalue weighted by molar-refractivity contribution is 5.95. The summed E-state index contributed by atoms with van der Waals surface area (Å²) in [6, 6.07) is 6.46. The Morgan fingerprint density at radius 2 is 1.63 bits per heavy atom. The zero-order chi connectivity index (χ0) is 20.7. The van der Waals surface area contributed by atoms with E-state index in [9.17, 15) is 27.6 Å². The summed E-state index contributed by atoms with van der Waals surface area (Å²) in [7, 11) is 0. The number of halogens is 3. The Labute approximate surface area is 155 Å². The molecule has 3 amide bonds. The minimum atomic E-state index is -4.59. The molecule has 0 atom stereocenters. The highest BCUT2D eigenvalue weighted by Gasteiger charge is 2.28. The number of urea groups is 1. The fourth-order valence-electron chi connectivity index (χ4n) is 2.02. The molecule has 0 saturated carbocycles. The largest absolute Gasteiger partial charge is 0.456 e. The number of aryl methyl sites for hydroxylation is 1. The fourth-order valence-corrected chi connectivity index (χ4v) is 2.02. The lowest BCUT2D eigenvalue weighted by molar-refractivity contribution is -0.148. The number of hydrogen-bond acceptors (Lipinski definition) is 4. The number of carbonyl (C=O) groups excluding carboxylic acids is 3. The maximum atomic E-state index is 11.9. The number of rotatable bonds is 6. The monoisotopic (exact) mass is 388 g/mol. The first-order valence-electron chi connectivity index (χ1n) is 8.26. The molecule has 6 nitrogen and oxygen atoms in total. The average Bonchev–Trinajstić information content (AvgIpc) is 2.55. The van der Waals surface area contributed by atoms with Crippen LogP contribution in [0.3, 0.4) is 0 Å². The van der Waals surface area contributed by atoms with Crippen molar-refractivity contribution in [3.63, 3.8) is 0 Å². The van der Waals surface area contributed by atoms with E-state index >= 15 is 0 Å². The minimum absolute atomic E-state index is 0.0250. The summed E-state index contributed by atoms with van der Waals surface area (Å²) in [5.74, 6) is -1.67. The highest BCUT2D eigenvalue weighted by atomic mass is 19.4. The number of imide groups is 1. The molecule has 9 heteroatoms. The van der Waals surface area contributed by atoms with Gasteiger partial charge in [0.1, 0.15) is 6.54 Å². The van der Waals surface area contributed by atoms with Crippen molar-refractivity contribution >= 4 is 17.9 Å². The van der Waals surface area contributed by atoms with E-state index in [1.807, 2.05) is 24.3 Å². The Hall–Kier alpha value is -2.58. The third kappa shape index (κ3) is 9.62. The quantitative estimate of drug-likeness (QED) is 0.734. The molecular weight excluding hydrogens is 365 g/mol. The standard InChI is InChI=1S/C18H23F3N2O4/c1-17(2,3)13-7-4-12(5-8-13)6-9-15(25)27-10-14(24)23-16(26)22-11-18(19,20)21/h4-5,7-8H,6,9-11H2,1-3H3,(H2,22,23,24,26). The second-order valence-electron chi connectivity index (χ2n) is 6.95. The van der Waals surface area contributed by atoms with Crippen LogP contribution in [0.25, 0.3) is 0 Å². The number of hydrogen-bond donors (Lipinski definition) is 2. The molecule has 0 aromatic heterocycles. The molecule has 0 aliphatic rings. The molecule has 0 bridgehead atoms. The molecule has 2 N–H and O–H groups in total. The van der Waals surface area contributed by atoms with Gasteiger partial charge in [0.25, 0.3) is 5.91 Å². The molecular formula is C18H23F3N2O4. The summed E-state index contributed by atoms with van der Waals surface area (Å²) >= 11 is 0. The molecule has 1 aromatic carbocycles. The van der Waals surface area contributed by atoms with Crippen LogP contribution in [0.2, 0.25) is 0 Å². The van der Waals surface area contributed by atoms with Crippen LogP contribution in [0.1, 0.15) is 38.3 Å². The average molecular weight is 388 g/mol. The van der Waals surface area contributed by atoms with E-state index in [1.165, 1.54) is 5.32 Å². The summed E-state index contributed by atoms with van der Waals surface area (Å²) in [4.78, 5) is 34.1. The molecule has 150 valence electrons. The Balaban J connectivity index is 2.30. The summed E-state index contributed by atoms with van der Waals surface area (Å²) in [6.07, 6.45) is -4.14. The number of nitrogens with one attached hydrogen (secondary N) is 2. The number of alkyl halides is 3. The van der Waals surface area contributed by atoms with Crippen LogP contribution in [-0.4, -0.2) is 37.2 Å². The summed E-state index contributed by atoms with van der Waals surface area (Å²) in [5.41, 5.74) is 2.11. The van der Waals surface area contributed by atoms with Gasteiger partial charge in [-0.3, -0.25) is 14.9 Å². The van der Waals surface area contributed by atoms with Gasteiger partial charge in [0.15, 0.2) is 6.61 Å². The van der Waals surface area contributed by atoms with Crippen molar-refractivity contribution < 1.29 is 32.3 Å². The summed E-state index contributed by atoms with van der Waals surface area (Å²) in [6.45, 7) is 3.95. The van der Waals surface area contributed by atoms with Crippen LogP contribution in [0, 0.1) is 0 Å². The number of carbonyl (C=O) groups is 3. The first kappa shape index (κ1) is 22.5. The normalized spacial score (nSPS) is 11.6. The third-order valence-electron chi connectivity index (χ3n) is 3.50. The first-order valence-corrected chi connectivity index (χ1v) is 8.26. The van der Waals surface area contributed by atoms with E-state index < -0.39 is 37.2 Å². The van der Waals surface area contributed by atoms with Crippen molar-refractivity contribution in [2.75, 3.05) is 13.2 Å². The third-order valence-corrected chi connectivity index (χ3v) is 3.50. The van der Waals surface area contributed by atoms with Gasteiger partial charge in [-0.2, -0.15) is 13.2 Å². The van der Waals surface area contributed by atoms with Gasteiger partial charge in [0.05, 0.1) is 0 Å². The van der Waals surface area contributed by atoms with E-state index in [-0.39, 0.29) is 11.8 Å². The Morgan fingerprint density at radius 3 is 2.15 bits per heavy atom. The van der Waals surface area contributed by atoms with Crippen molar-refractivity contribution in [3.8, 4) is 0 Å². The second kappa shape index (κ2) is 9.38. The van der Waals surface area contributed by atoms with Gasteiger partial charge in [0, 0.05) is 6.42 Å². The van der Waals surface area contributed by atoms with Gasteiger partial charge >= 0.3 is 18.2 Å². The maximum Gasteiger partial charge on any atom is 0.405 e. The SMILES string of the molecule is CC(C)(C)c1ccc(CCC(=O)OCC(=O)NC(=O)NCC(F)(F)F)cc1. The molecule has 0 radical (unpaired) electrons. The first-order chi connectivity index (χ1) is 12.4. The van der Waals surface area contributed by atoms with Crippen molar-refractivity contribution in [1.82, 2.24) is 10.6 Å². The van der Waals surface area contributed by atoms with Gasteiger partial charge in [-0.15, -0.1) is 0 Å². The lowest BCUT2D eigenvalue weighted by Crippen LogP contribution is -2.44. The summed E-state index contributed by atoms with van der Waals surface area (Å²) < 4.78 is 40.4. The molecule has 0 heterocycles. The molecule has 0 saturated heterocycles. The van der Waals surface area contributed by atoms with Crippen LogP contribution in [0.5, 0.6) is 0 Å². The Kier molecular flexibility index (Phi) is 7.81. The van der Waals surface area contributed by atoms with Crippen molar-refractivity contribution in [1.29, 1.82) is 0 Å². The number of benzene rings is 1. The Bertz CT molecular complexity index is 665. The van der Waals surface area contributed by atoms with Gasteiger partial charge in [0.2, 0.25) is 0 Å². The molecule has 0 aliphatic heterocycles. The van der Waals surface area contributed by atoms with Crippen molar-refractivity contribution in [2.24, 2.45) is 0 Å². The lowest BCUT2D eigenvalue weighted by Gasteiger charge is -2.19. The van der Waals surface area contributed by atoms with Gasteiger partial charge < -0.3 is 10.1 Å². The predicted molar refractivity (Wildman–Crippen MR) is 92.0 cm³/mol. The van der Waals surface area contributed by atoms with Crippen LogP contribution < -0.4 is 10.6 Å². The second-order valence-corrected chi connectivity index (χ2v) is 6.95. The van der Waals surface area contributed by atoms with Gasteiger partial charge in [-0.05, 0) is 23.0 Å². The molecule has 1 rings (SSSR count). The lowest BCUT2D eigenvalue weighted by atomic mass is 9.86. The maximum absolute atomic E-state index is 11.9. The van der Waals surface area contributed by atoms with Crippen LogP contribution in [0.15, 0.2) is 24.3 Å². The smallest absolute Gasteiger partial charge is 0.405 e. The molecule has 27 heavy (non-hydrogen) atoms. The van der Waals surface area contributed by atoms with Crippen molar-refractivity contribution in [2.45, 2.75) is 45.2 Å². The van der Waals surface area contributed by atoms with E-state index in [0.29, 0.717) is 6.42 Å². The molecule has 0 spiro atoms. The van der Waals surface area contributed by atoms with Gasteiger partial charge in [-0.1, -0.05) is 45.0 Å². The van der Waals surface area contributed by atoms with E-state index in [0.717, 1.165) is 11.1 Å². The predicted octanol–water partition coefficient (Wildman–Crippen LogP) is 2.85. The highest BCUT2D eigenvalue weighted by Crippen LogP contribution is 2.22. The minimum Gasteiger partial charge on any atom is -0.456 e.